The summed E-state index contributed by atoms with van der Waals surface area (Å²) in [4.78, 5) is 22.4. The molecule has 1 aliphatic rings. The third-order valence-corrected chi connectivity index (χ3v) is 5.33. The first kappa shape index (κ1) is 24.1. The maximum atomic E-state index is 14.5. The Kier molecular flexibility index (Phi) is 7.55. The number of hydrogen-bond acceptors (Lipinski definition) is 9. The lowest BCUT2D eigenvalue weighted by Gasteiger charge is -2.27. The van der Waals surface area contributed by atoms with Gasteiger partial charge < -0.3 is 29.7 Å². The van der Waals surface area contributed by atoms with Crippen LogP contribution in [0.25, 0.3) is 0 Å². The second kappa shape index (κ2) is 11.0. The van der Waals surface area contributed by atoms with Gasteiger partial charge >= 0.3 is 0 Å². The van der Waals surface area contributed by atoms with Crippen LogP contribution in [-0.4, -0.2) is 71.0 Å². The molecule has 1 aromatic carbocycles. The predicted molar refractivity (Wildman–Crippen MR) is 121 cm³/mol. The van der Waals surface area contributed by atoms with Gasteiger partial charge in [-0.15, -0.1) is 0 Å². The summed E-state index contributed by atoms with van der Waals surface area (Å²) in [5.74, 6) is -1.62. The number of carbonyl (C=O) groups is 1. The molecule has 186 valence electrons. The summed E-state index contributed by atoms with van der Waals surface area (Å²) in [6.45, 7) is 2.64. The van der Waals surface area contributed by atoms with E-state index >= 15 is 0 Å². The van der Waals surface area contributed by atoms with Crippen molar-refractivity contribution in [1.82, 2.24) is 30.0 Å². The zero-order valence-corrected chi connectivity index (χ0v) is 19.3. The summed E-state index contributed by atoms with van der Waals surface area (Å²) in [5.41, 5.74) is 0.255. The Balaban J connectivity index is 1.34. The van der Waals surface area contributed by atoms with Gasteiger partial charge in [-0.25, -0.2) is 18.7 Å². The molecule has 11 nitrogen and oxygen atoms in total. The van der Waals surface area contributed by atoms with Gasteiger partial charge in [-0.1, -0.05) is 0 Å². The molecule has 1 saturated heterocycles. The molecular formula is C22H25F2N7O4. The molecule has 0 unspecified atom stereocenters. The van der Waals surface area contributed by atoms with Crippen LogP contribution in [-0.2, 0) is 17.9 Å². The Morgan fingerprint density at radius 3 is 2.37 bits per heavy atom. The number of methoxy groups -OCH3 is 2. The summed E-state index contributed by atoms with van der Waals surface area (Å²) in [7, 11) is 2.54. The van der Waals surface area contributed by atoms with Crippen molar-refractivity contribution in [3.05, 3.63) is 48.1 Å². The third-order valence-electron chi connectivity index (χ3n) is 5.33. The third kappa shape index (κ3) is 5.74. The number of halogens is 2. The van der Waals surface area contributed by atoms with E-state index < -0.39 is 18.2 Å². The number of aromatic nitrogens is 4. The van der Waals surface area contributed by atoms with Crippen LogP contribution in [0.3, 0.4) is 0 Å². The molecular weight excluding hydrogens is 464 g/mol. The highest BCUT2D eigenvalue weighted by atomic mass is 19.1. The van der Waals surface area contributed by atoms with Crippen LogP contribution >= 0.6 is 0 Å². The zero-order chi connectivity index (χ0) is 24.8. The SMILES string of the molecule is COc1cc(OC)c(F)c(COc2cnc(Nc3cnn(CC(=O)N4CCNCC4)c3)nc2)c1F. The van der Waals surface area contributed by atoms with Gasteiger partial charge in [-0.2, -0.15) is 5.10 Å². The smallest absolute Gasteiger partial charge is 0.244 e. The summed E-state index contributed by atoms with van der Waals surface area (Å²) in [6, 6.07) is 1.13. The minimum atomic E-state index is -0.877. The minimum Gasteiger partial charge on any atom is -0.494 e. The first-order valence-electron chi connectivity index (χ1n) is 10.8. The summed E-state index contributed by atoms with van der Waals surface area (Å²) in [6.07, 6.45) is 5.96. The number of amides is 1. The maximum absolute atomic E-state index is 14.5. The summed E-state index contributed by atoms with van der Waals surface area (Å²) < 4.78 is 45.8. The number of anilines is 2. The van der Waals surface area contributed by atoms with E-state index in [1.54, 1.807) is 17.3 Å². The summed E-state index contributed by atoms with van der Waals surface area (Å²) >= 11 is 0. The standard InChI is InChI=1S/C22H25F2N7O4/c1-33-17-7-18(34-2)21(24)16(20(17)23)13-35-15-9-26-22(27-10-15)29-14-8-28-31(11-14)12-19(32)30-5-3-25-4-6-30/h7-11,25H,3-6,12-13H2,1-2H3,(H,26,27,29). The largest absolute Gasteiger partial charge is 0.494 e. The van der Waals surface area contributed by atoms with Crippen molar-refractivity contribution in [2.75, 3.05) is 45.7 Å². The second-order valence-corrected chi connectivity index (χ2v) is 7.60. The van der Waals surface area contributed by atoms with Gasteiger partial charge in [-0.3, -0.25) is 9.48 Å². The van der Waals surface area contributed by atoms with E-state index in [0.29, 0.717) is 18.8 Å². The Labute approximate surface area is 200 Å². The van der Waals surface area contributed by atoms with Crippen molar-refractivity contribution < 1.29 is 27.8 Å². The molecule has 3 heterocycles. The van der Waals surface area contributed by atoms with E-state index in [9.17, 15) is 13.6 Å². The van der Waals surface area contributed by atoms with E-state index in [1.807, 2.05) is 0 Å². The van der Waals surface area contributed by atoms with E-state index in [0.717, 1.165) is 19.2 Å². The highest BCUT2D eigenvalue weighted by Gasteiger charge is 2.21. The van der Waals surface area contributed by atoms with E-state index in [-0.39, 0.29) is 41.2 Å². The van der Waals surface area contributed by atoms with Crippen LogP contribution in [0.4, 0.5) is 20.4 Å². The fourth-order valence-electron chi connectivity index (χ4n) is 3.47. The lowest BCUT2D eigenvalue weighted by atomic mass is 10.1. The van der Waals surface area contributed by atoms with Gasteiger partial charge in [0.05, 0.1) is 44.1 Å². The number of piperazine rings is 1. The monoisotopic (exact) mass is 489 g/mol. The zero-order valence-electron chi connectivity index (χ0n) is 19.3. The quantitative estimate of drug-likeness (QED) is 0.464. The van der Waals surface area contributed by atoms with Gasteiger partial charge in [0.25, 0.3) is 0 Å². The van der Waals surface area contributed by atoms with Gasteiger partial charge in [0.1, 0.15) is 13.2 Å². The topological polar surface area (TPSA) is 116 Å². The van der Waals surface area contributed by atoms with Crippen molar-refractivity contribution in [3.8, 4) is 17.2 Å². The predicted octanol–water partition coefficient (Wildman–Crippen LogP) is 1.72. The molecule has 4 rings (SSSR count). The average molecular weight is 489 g/mol. The molecule has 0 aliphatic carbocycles. The van der Waals surface area contributed by atoms with Gasteiger partial charge in [0.15, 0.2) is 28.9 Å². The fourth-order valence-corrected chi connectivity index (χ4v) is 3.47. The van der Waals surface area contributed by atoms with Crippen molar-refractivity contribution in [1.29, 1.82) is 0 Å². The second-order valence-electron chi connectivity index (χ2n) is 7.60. The van der Waals surface area contributed by atoms with Crippen molar-refractivity contribution in [2.45, 2.75) is 13.2 Å². The van der Waals surface area contributed by atoms with E-state index in [2.05, 4.69) is 25.7 Å². The molecule has 1 aliphatic heterocycles. The molecule has 2 N–H and O–H groups in total. The number of rotatable bonds is 9. The fraction of sp³-hybridized carbons (Fsp3) is 0.364. The first-order valence-corrected chi connectivity index (χ1v) is 10.8. The van der Waals surface area contributed by atoms with Crippen molar-refractivity contribution in [2.24, 2.45) is 0 Å². The lowest BCUT2D eigenvalue weighted by Crippen LogP contribution is -2.47. The van der Waals surface area contributed by atoms with Crippen LogP contribution in [0.1, 0.15) is 5.56 Å². The average Bonchev–Trinajstić information content (AvgIpc) is 3.32. The molecule has 35 heavy (non-hydrogen) atoms. The number of nitrogens with one attached hydrogen (secondary N) is 2. The number of carbonyl (C=O) groups excluding carboxylic acids is 1. The molecule has 0 atom stereocenters. The Hall–Kier alpha value is -4.00. The van der Waals surface area contributed by atoms with Crippen LogP contribution in [0.2, 0.25) is 0 Å². The first-order chi connectivity index (χ1) is 17.0. The molecule has 0 saturated carbocycles. The Morgan fingerprint density at radius 2 is 1.74 bits per heavy atom. The highest BCUT2D eigenvalue weighted by Crippen LogP contribution is 2.32. The van der Waals surface area contributed by atoms with Crippen LogP contribution in [0, 0.1) is 11.6 Å². The minimum absolute atomic E-state index is 0.000399. The molecule has 1 amide bonds. The van der Waals surface area contributed by atoms with Gasteiger partial charge in [0, 0.05) is 38.4 Å². The Morgan fingerprint density at radius 1 is 1.09 bits per heavy atom. The van der Waals surface area contributed by atoms with Crippen molar-refractivity contribution in [3.63, 3.8) is 0 Å². The van der Waals surface area contributed by atoms with E-state index in [1.165, 1.54) is 31.3 Å². The lowest BCUT2D eigenvalue weighted by molar-refractivity contribution is -0.132. The highest BCUT2D eigenvalue weighted by molar-refractivity contribution is 5.76. The van der Waals surface area contributed by atoms with E-state index in [4.69, 9.17) is 14.2 Å². The van der Waals surface area contributed by atoms with Gasteiger partial charge in [0.2, 0.25) is 11.9 Å². The van der Waals surface area contributed by atoms with Crippen LogP contribution in [0.5, 0.6) is 17.2 Å². The van der Waals surface area contributed by atoms with Crippen molar-refractivity contribution >= 4 is 17.5 Å². The molecule has 1 fully saturated rings. The molecule has 0 spiro atoms. The summed E-state index contributed by atoms with van der Waals surface area (Å²) in [5, 5.41) is 10.4. The number of ether oxygens (including phenoxy) is 3. The number of benzene rings is 1. The maximum Gasteiger partial charge on any atom is 0.244 e. The van der Waals surface area contributed by atoms with Crippen LogP contribution < -0.4 is 24.8 Å². The number of nitrogens with zero attached hydrogens (tertiary/aromatic N) is 5. The normalized spacial score (nSPS) is 13.4. The molecule has 2 aromatic heterocycles. The molecule has 0 bridgehead atoms. The Bertz CT molecular complexity index is 1140. The van der Waals surface area contributed by atoms with Gasteiger partial charge in [-0.05, 0) is 0 Å². The van der Waals surface area contributed by atoms with Crippen LogP contribution in [0.15, 0.2) is 30.9 Å². The molecule has 13 heteroatoms. The molecule has 0 radical (unpaired) electrons. The number of hydrogen-bond donors (Lipinski definition) is 2. The molecule has 3 aromatic rings.